The maximum atomic E-state index is 11.0. The molecule has 10 heteroatoms. The first-order valence-electron chi connectivity index (χ1n) is 12.3. The number of carboxylic acids is 1. The van der Waals surface area contributed by atoms with Crippen molar-refractivity contribution in [3.63, 3.8) is 0 Å². The number of halogens is 3. The summed E-state index contributed by atoms with van der Waals surface area (Å²) in [5.41, 5.74) is 1.36. The second-order valence-electron chi connectivity index (χ2n) is 9.16. The van der Waals surface area contributed by atoms with Gasteiger partial charge in [0.25, 0.3) is 0 Å². The molecular weight excluding hydrogens is 475 g/mol. The van der Waals surface area contributed by atoms with Gasteiger partial charge in [-0.2, -0.15) is 13.2 Å². The van der Waals surface area contributed by atoms with Gasteiger partial charge in [-0.1, -0.05) is 12.5 Å². The number of ether oxygens (including phenoxy) is 1. The molecule has 2 aliphatic heterocycles. The molecule has 0 spiro atoms. The van der Waals surface area contributed by atoms with Crippen molar-refractivity contribution in [1.82, 2.24) is 9.88 Å². The van der Waals surface area contributed by atoms with Crippen LogP contribution in [0.5, 0.6) is 5.75 Å². The lowest BCUT2D eigenvalue weighted by Crippen LogP contribution is -2.42. The lowest BCUT2D eigenvalue weighted by atomic mass is 9.85. The first-order valence-corrected chi connectivity index (χ1v) is 12.3. The van der Waals surface area contributed by atoms with Crippen LogP contribution in [-0.2, 0) is 10.4 Å². The van der Waals surface area contributed by atoms with E-state index in [4.69, 9.17) is 14.6 Å². The lowest BCUT2D eigenvalue weighted by Gasteiger charge is -2.39. The van der Waals surface area contributed by atoms with Crippen LogP contribution >= 0.6 is 0 Å². The number of hydrogen-bond donors (Lipinski definition) is 2. The maximum Gasteiger partial charge on any atom is 0.490 e. The average molecular weight is 510 g/mol. The lowest BCUT2D eigenvalue weighted by molar-refractivity contribution is -0.192. The molecule has 0 radical (unpaired) electrons. The summed E-state index contributed by atoms with van der Waals surface area (Å²) in [5, 5.41) is 18.1. The SMILES string of the molecule is O=C(O)C(F)(F)F.OC1(c2cccnc2)CCN(c2ccc(OCCCN3CCCCC3)cc2)CC1. The number of carboxylic acid groups (broad SMARTS) is 1. The van der Waals surface area contributed by atoms with Gasteiger partial charge in [0.1, 0.15) is 5.75 Å². The number of rotatable bonds is 7. The molecule has 2 saturated heterocycles. The van der Waals surface area contributed by atoms with E-state index in [1.54, 1.807) is 12.4 Å². The van der Waals surface area contributed by atoms with Gasteiger partial charge in [-0.25, -0.2) is 4.79 Å². The Morgan fingerprint density at radius 3 is 2.22 bits per heavy atom. The molecule has 4 rings (SSSR count). The molecule has 1 aromatic heterocycles. The van der Waals surface area contributed by atoms with Gasteiger partial charge >= 0.3 is 12.1 Å². The highest BCUT2D eigenvalue weighted by atomic mass is 19.4. The summed E-state index contributed by atoms with van der Waals surface area (Å²) in [6, 6.07) is 12.3. The predicted molar refractivity (Wildman–Crippen MR) is 130 cm³/mol. The monoisotopic (exact) mass is 509 g/mol. The molecule has 1 aromatic carbocycles. The summed E-state index contributed by atoms with van der Waals surface area (Å²) in [6.07, 6.45) is 5.05. The zero-order valence-electron chi connectivity index (χ0n) is 20.3. The first-order chi connectivity index (χ1) is 17.2. The van der Waals surface area contributed by atoms with Crippen molar-refractivity contribution in [2.75, 3.05) is 44.2 Å². The van der Waals surface area contributed by atoms with Crippen molar-refractivity contribution in [3.05, 3.63) is 54.4 Å². The van der Waals surface area contributed by atoms with Crippen LogP contribution in [0.1, 0.15) is 44.1 Å². The third-order valence-electron chi connectivity index (χ3n) is 6.57. The molecule has 2 aromatic rings. The molecule has 0 unspecified atom stereocenters. The highest BCUT2D eigenvalue weighted by Crippen LogP contribution is 2.34. The fourth-order valence-corrected chi connectivity index (χ4v) is 4.48. The molecule has 3 heterocycles. The van der Waals surface area contributed by atoms with E-state index in [0.29, 0.717) is 12.8 Å². The first kappa shape index (κ1) is 27.7. The van der Waals surface area contributed by atoms with Crippen LogP contribution in [0.4, 0.5) is 18.9 Å². The highest BCUT2D eigenvalue weighted by molar-refractivity contribution is 5.73. The summed E-state index contributed by atoms with van der Waals surface area (Å²) < 4.78 is 37.7. The smallest absolute Gasteiger partial charge is 0.490 e. The number of carbonyl (C=O) groups is 1. The minimum Gasteiger partial charge on any atom is -0.494 e. The number of nitrogens with zero attached hydrogens (tertiary/aromatic N) is 3. The molecule has 36 heavy (non-hydrogen) atoms. The predicted octanol–water partition coefficient (Wildman–Crippen LogP) is 4.46. The zero-order valence-corrected chi connectivity index (χ0v) is 20.3. The second-order valence-corrected chi connectivity index (χ2v) is 9.16. The Kier molecular flexibility index (Phi) is 9.95. The fraction of sp³-hybridized carbons (Fsp3) is 0.538. The topological polar surface area (TPSA) is 86.1 Å². The van der Waals surface area contributed by atoms with E-state index in [0.717, 1.165) is 44.0 Å². The number of aromatic nitrogens is 1. The molecule has 0 bridgehead atoms. The van der Waals surface area contributed by atoms with Crippen molar-refractivity contribution < 1.29 is 32.9 Å². The van der Waals surface area contributed by atoms with Gasteiger partial charge in [-0.05, 0) is 75.5 Å². The fourth-order valence-electron chi connectivity index (χ4n) is 4.48. The number of pyridine rings is 1. The van der Waals surface area contributed by atoms with E-state index in [1.165, 1.54) is 38.0 Å². The van der Waals surface area contributed by atoms with Gasteiger partial charge in [0.05, 0.1) is 12.2 Å². The molecular formula is C26H34F3N3O4. The van der Waals surface area contributed by atoms with Crippen molar-refractivity contribution in [2.45, 2.75) is 50.3 Å². The summed E-state index contributed by atoms with van der Waals surface area (Å²) in [4.78, 5) is 17.9. The van der Waals surface area contributed by atoms with E-state index >= 15 is 0 Å². The molecule has 7 nitrogen and oxygen atoms in total. The Bertz CT molecular complexity index is 928. The number of alkyl halides is 3. The van der Waals surface area contributed by atoms with Crippen LogP contribution in [0.2, 0.25) is 0 Å². The van der Waals surface area contributed by atoms with Gasteiger partial charge in [-0.15, -0.1) is 0 Å². The summed E-state index contributed by atoms with van der Waals surface area (Å²) in [5.74, 6) is -1.82. The van der Waals surface area contributed by atoms with Crippen molar-refractivity contribution in [2.24, 2.45) is 0 Å². The third-order valence-corrected chi connectivity index (χ3v) is 6.57. The average Bonchev–Trinajstić information content (AvgIpc) is 2.88. The van der Waals surface area contributed by atoms with Crippen molar-refractivity contribution in [1.29, 1.82) is 0 Å². The van der Waals surface area contributed by atoms with E-state index in [-0.39, 0.29) is 0 Å². The van der Waals surface area contributed by atoms with E-state index in [2.05, 4.69) is 39.0 Å². The number of hydrogen-bond acceptors (Lipinski definition) is 6. The number of aliphatic hydroxyl groups is 1. The van der Waals surface area contributed by atoms with Crippen LogP contribution in [0.3, 0.4) is 0 Å². The number of aliphatic carboxylic acids is 1. The Hall–Kier alpha value is -2.85. The van der Waals surface area contributed by atoms with Gasteiger partial charge < -0.3 is 24.7 Å². The summed E-state index contributed by atoms with van der Waals surface area (Å²) in [6.45, 7) is 6.09. The Labute approximate surface area is 209 Å². The van der Waals surface area contributed by atoms with E-state index < -0.39 is 17.7 Å². The molecule has 2 N–H and O–H groups in total. The minimum absolute atomic E-state index is 0.716. The molecule has 0 amide bonds. The molecule has 198 valence electrons. The number of piperidine rings is 2. The van der Waals surface area contributed by atoms with Crippen molar-refractivity contribution >= 4 is 11.7 Å². The van der Waals surface area contributed by atoms with Crippen molar-refractivity contribution in [3.8, 4) is 5.75 Å². The molecule has 2 fully saturated rings. The second kappa shape index (κ2) is 12.9. The molecule has 0 saturated carbocycles. The van der Waals surface area contributed by atoms with Gasteiger partial charge in [0.2, 0.25) is 0 Å². The zero-order chi connectivity index (χ0) is 26.0. The van der Waals surface area contributed by atoms with Gasteiger partial charge in [0, 0.05) is 43.3 Å². The Balaban J connectivity index is 0.000000454. The third kappa shape index (κ3) is 8.37. The largest absolute Gasteiger partial charge is 0.494 e. The van der Waals surface area contributed by atoms with Crippen LogP contribution in [-0.4, -0.2) is 71.6 Å². The summed E-state index contributed by atoms with van der Waals surface area (Å²) in [7, 11) is 0. The van der Waals surface area contributed by atoms with E-state index in [9.17, 15) is 18.3 Å². The molecule has 0 aliphatic carbocycles. The minimum atomic E-state index is -5.08. The van der Waals surface area contributed by atoms with Gasteiger partial charge in [0.15, 0.2) is 0 Å². The number of benzene rings is 1. The quantitative estimate of drug-likeness (QED) is 0.533. The van der Waals surface area contributed by atoms with Crippen LogP contribution in [0.25, 0.3) is 0 Å². The van der Waals surface area contributed by atoms with E-state index in [1.807, 2.05) is 12.1 Å². The maximum absolute atomic E-state index is 11.0. The van der Waals surface area contributed by atoms with Crippen LogP contribution in [0.15, 0.2) is 48.8 Å². The Morgan fingerprint density at radius 2 is 1.67 bits per heavy atom. The number of likely N-dealkylation sites (tertiary alicyclic amines) is 1. The molecule has 2 aliphatic rings. The van der Waals surface area contributed by atoms with Crippen LogP contribution in [0, 0.1) is 0 Å². The highest BCUT2D eigenvalue weighted by Gasteiger charge is 2.38. The summed E-state index contributed by atoms with van der Waals surface area (Å²) >= 11 is 0. The Morgan fingerprint density at radius 1 is 1.03 bits per heavy atom. The number of anilines is 1. The van der Waals surface area contributed by atoms with Gasteiger partial charge in [-0.3, -0.25) is 4.98 Å². The van der Waals surface area contributed by atoms with Crippen LogP contribution < -0.4 is 9.64 Å². The molecule has 0 atom stereocenters. The normalized spacial score (nSPS) is 18.2. The standard InChI is InChI=1S/C24H33N3O2.C2HF3O2/c28-24(21-6-4-13-25-20-21)11-17-27(18-12-24)22-7-9-23(10-8-22)29-19-5-16-26-14-2-1-3-15-26;3-2(4,5)1(6)7/h4,6-10,13,20,28H,1-3,5,11-12,14-19H2;(H,6,7).